The third kappa shape index (κ3) is 2.77. The van der Waals surface area contributed by atoms with Crippen molar-refractivity contribution in [3.05, 3.63) is 23.9 Å². The van der Waals surface area contributed by atoms with E-state index in [1.165, 1.54) is 0 Å². The fourth-order valence-corrected chi connectivity index (χ4v) is 2.23. The smallest absolute Gasteiger partial charge is 0.272 e. The van der Waals surface area contributed by atoms with Crippen LogP contribution in [-0.4, -0.2) is 40.6 Å². The van der Waals surface area contributed by atoms with Crippen molar-refractivity contribution in [2.45, 2.75) is 12.8 Å². The summed E-state index contributed by atoms with van der Waals surface area (Å²) in [6.07, 6.45) is 1.70. The molecule has 0 aliphatic carbocycles. The van der Waals surface area contributed by atoms with Crippen LogP contribution in [-0.2, 0) is 0 Å². The summed E-state index contributed by atoms with van der Waals surface area (Å²) in [4.78, 5) is 18.1. The molecule has 1 amide bonds. The number of pyridine rings is 1. The first kappa shape index (κ1) is 12.8. The van der Waals surface area contributed by atoms with Gasteiger partial charge in [-0.15, -0.1) is 0 Å². The molecule has 0 radical (unpaired) electrons. The molecule has 1 atom stereocenters. The molecule has 18 heavy (non-hydrogen) atoms. The molecule has 0 saturated carbocycles. The fraction of sp³-hybridized carbons (Fsp3) is 0.500. The first-order chi connectivity index (χ1) is 8.74. The Kier molecular flexibility index (Phi) is 4.11. The molecule has 1 aromatic heterocycles. The van der Waals surface area contributed by atoms with Gasteiger partial charge < -0.3 is 15.4 Å². The Balaban J connectivity index is 2.03. The van der Waals surface area contributed by atoms with Gasteiger partial charge in [-0.25, -0.2) is 10.8 Å². The number of aliphatic hydroxyl groups is 1. The Morgan fingerprint density at radius 3 is 3.17 bits per heavy atom. The second kappa shape index (κ2) is 5.79. The van der Waals surface area contributed by atoms with Gasteiger partial charge >= 0.3 is 0 Å². The van der Waals surface area contributed by atoms with E-state index in [1.54, 1.807) is 23.1 Å². The molecule has 2 heterocycles. The summed E-state index contributed by atoms with van der Waals surface area (Å²) in [6, 6.07) is 5.13. The number of nitrogens with two attached hydrogens (primary N) is 1. The quantitative estimate of drug-likeness (QED) is 0.525. The summed E-state index contributed by atoms with van der Waals surface area (Å²) >= 11 is 0. The lowest BCUT2D eigenvalue weighted by molar-refractivity contribution is 0.0779. The van der Waals surface area contributed by atoms with Gasteiger partial charge in [-0.3, -0.25) is 4.79 Å². The molecule has 6 nitrogen and oxygen atoms in total. The minimum absolute atomic E-state index is 0.0764. The van der Waals surface area contributed by atoms with Crippen molar-refractivity contribution in [1.29, 1.82) is 0 Å². The van der Waals surface area contributed by atoms with Crippen LogP contribution in [0.1, 0.15) is 23.3 Å². The zero-order valence-electron chi connectivity index (χ0n) is 10.2. The van der Waals surface area contributed by atoms with Crippen LogP contribution in [0.3, 0.4) is 0 Å². The Labute approximate surface area is 106 Å². The predicted molar refractivity (Wildman–Crippen MR) is 67.8 cm³/mol. The molecule has 2 rings (SSSR count). The zero-order chi connectivity index (χ0) is 13.0. The third-order valence-corrected chi connectivity index (χ3v) is 3.23. The first-order valence-corrected chi connectivity index (χ1v) is 6.08. The molecule has 1 unspecified atom stereocenters. The molecular formula is C12H18N4O2. The Morgan fingerprint density at radius 1 is 1.61 bits per heavy atom. The van der Waals surface area contributed by atoms with E-state index >= 15 is 0 Å². The van der Waals surface area contributed by atoms with Gasteiger partial charge in [-0.1, -0.05) is 6.07 Å². The number of hydrogen-bond acceptors (Lipinski definition) is 5. The Morgan fingerprint density at radius 2 is 2.44 bits per heavy atom. The van der Waals surface area contributed by atoms with Crippen molar-refractivity contribution < 1.29 is 9.90 Å². The molecule has 1 fully saturated rings. The van der Waals surface area contributed by atoms with Crippen LogP contribution in [0.25, 0.3) is 0 Å². The van der Waals surface area contributed by atoms with Gasteiger partial charge in [-0.05, 0) is 30.9 Å². The molecule has 0 aromatic carbocycles. The highest BCUT2D eigenvalue weighted by atomic mass is 16.3. The van der Waals surface area contributed by atoms with Crippen LogP contribution in [0.2, 0.25) is 0 Å². The van der Waals surface area contributed by atoms with E-state index in [2.05, 4.69) is 10.4 Å². The Bertz CT molecular complexity index is 424. The second-order valence-corrected chi connectivity index (χ2v) is 4.47. The van der Waals surface area contributed by atoms with Gasteiger partial charge in [0, 0.05) is 19.7 Å². The van der Waals surface area contributed by atoms with Crippen molar-refractivity contribution in [1.82, 2.24) is 9.88 Å². The normalized spacial score (nSPS) is 19.0. The minimum atomic E-state index is -0.0764. The van der Waals surface area contributed by atoms with Crippen LogP contribution in [0, 0.1) is 5.92 Å². The van der Waals surface area contributed by atoms with Gasteiger partial charge in [0.25, 0.3) is 5.91 Å². The molecule has 0 bridgehead atoms. The second-order valence-electron chi connectivity index (χ2n) is 4.47. The summed E-state index contributed by atoms with van der Waals surface area (Å²) in [6.45, 7) is 1.60. The molecular weight excluding hydrogens is 232 g/mol. The molecule has 98 valence electrons. The van der Waals surface area contributed by atoms with E-state index in [9.17, 15) is 4.79 Å². The van der Waals surface area contributed by atoms with Gasteiger partial charge in [0.15, 0.2) is 0 Å². The number of amides is 1. The van der Waals surface area contributed by atoms with Crippen LogP contribution in [0.5, 0.6) is 0 Å². The van der Waals surface area contributed by atoms with E-state index in [0.29, 0.717) is 24.0 Å². The number of carbonyl (C=O) groups excluding carboxylic acids is 1. The number of nitrogen functional groups attached to an aromatic ring is 1. The number of hydrazine groups is 1. The van der Waals surface area contributed by atoms with Crippen molar-refractivity contribution in [2.24, 2.45) is 11.8 Å². The van der Waals surface area contributed by atoms with Gasteiger partial charge in [-0.2, -0.15) is 0 Å². The highest BCUT2D eigenvalue weighted by Gasteiger charge is 2.27. The van der Waals surface area contributed by atoms with Crippen LogP contribution in [0.4, 0.5) is 5.82 Å². The molecule has 1 aliphatic heterocycles. The van der Waals surface area contributed by atoms with Crippen LogP contribution < -0.4 is 11.3 Å². The number of nitrogens with one attached hydrogen (secondary N) is 1. The molecule has 1 aliphatic rings. The molecule has 4 N–H and O–H groups in total. The monoisotopic (exact) mass is 250 g/mol. The van der Waals surface area contributed by atoms with E-state index in [-0.39, 0.29) is 12.5 Å². The third-order valence-electron chi connectivity index (χ3n) is 3.23. The van der Waals surface area contributed by atoms with E-state index in [0.717, 1.165) is 19.4 Å². The van der Waals surface area contributed by atoms with E-state index in [4.69, 9.17) is 10.9 Å². The molecule has 0 spiro atoms. The predicted octanol–water partition coefficient (Wildman–Crippen LogP) is 0.212. The summed E-state index contributed by atoms with van der Waals surface area (Å²) < 4.78 is 0. The summed E-state index contributed by atoms with van der Waals surface area (Å²) in [5, 5.41) is 8.90. The first-order valence-electron chi connectivity index (χ1n) is 6.08. The highest BCUT2D eigenvalue weighted by molar-refractivity contribution is 5.92. The van der Waals surface area contributed by atoms with E-state index in [1.807, 2.05) is 0 Å². The number of carbonyl (C=O) groups is 1. The lowest BCUT2D eigenvalue weighted by Gasteiger charge is -2.16. The average Bonchev–Trinajstić information content (AvgIpc) is 2.87. The maximum absolute atomic E-state index is 12.2. The van der Waals surface area contributed by atoms with Gasteiger partial charge in [0.1, 0.15) is 11.5 Å². The Hall–Kier alpha value is -1.66. The topological polar surface area (TPSA) is 91.5 Å². The lowest BCUT2D eigenvalue weighted by Crippen LogP contribution is -2.29. The number of aromatic nitrogens is 1. The number of anilines is 1. The number of rotatable bonds is 4. The zero-order valence-corrected chi connectivity index (χ0v) is 10.2. The van der Waals surface area contributed by atoms with Gasteiger partial charge in [0.05, 0.1) is 0 Å². The fourth-order valence-electron chi connectivity index (χ4n) is 2.23. The van der Waals surface area contributed by atoms with Crippen molar-refractivity contribution in [2.75, 3.05) is 25.1 Å². The van der Waals surface area contributed by atoms with Crippen LogP contribution in [0.15, 0.2) is 18.2 Å². The van der Waals surface area contributed by atoms with Gasteiger partial charge in [0.2, 0.25) is 0 Å². The standard InChI is InChI=1S/C12H18N4O2/c13-15-11-3-1-2-10(14-11)12(18)16-6-4-9(8-16)5-7-17/h1-3,9,17H,4-8,13H2,(H,14,15). The summed E-state index contributed by atoms with van der Waals surface area (Å²) in [5.74, 6) is 6.07. The van der Waals surface area contributed by atoms with E-state index < -0.39 is 0 Å². The number of hydrogen-bond donors (Lipinski definition) is 3. The number of aliphatic hydroxyl groups excluding tert-OH is 1. The SMILES string of the molecule is NNc1cccc(C(=O)N2CCC(CCO)C2)n1. The maximum atomic E-state index is 12.2. The molecule has 6 heteroatoms. The van der Waals surface area contributed by atoms with Crippen LogP contribution >= 0.6 is 0 Å². The summed E-state index contributed by atoms with van der Waals surface area (Å²) in [5.41, 5.74) is 2.83. The highest BCUT2D eigenvalue weighted by Crippen LogP contribution is 2.20. The molecule has 1 saturated heterocycles. The lowest BCUT2D eigenvalue weighted by atomic mass is 10.1. The maximum Gasteiger partial charge on any atom is 0.272 e. The van der Waals surface area contributed by atoms with Crippen molar-refractivity contribution in [3.8, 4) is 0 Å². The van der Waals surface area contributed by atoms with Crippen molar-refractivity contribution >= 4 is 11.7 Å². The number of likely N-dealkylation sites (tertiary alicyclic amines) is 1. The largest absolute Gasteiger partial charge is 0.396 e. The molecule has 1 aromatic rings. The average molecular weight is 250 g/mol. The summed E-state index contributed by atoms with van der Waals surface area (Å²) in [7, 11) is 0. The number of nitrogens with zero attached hydrogens (tertiary/aromatic N) is 2. The minimum Gasteiger partial charge on any atom is -0.396 e. The van der Waals surface area contributed by atoms with Crippen molar-refractivity contribution in [3.63, 3.8) is 0 Å².